The number of carbonyl (C=O) groups excluding carboxylic acids is 3. The first-order chi connectivity index (χ1) is 55.3. The fourth-order valence-electron chi connectivity index (χ4n) is 14.9. The van der Waals surface area contributed by atoms with Gasteiger partial charge in [0.1, 0.15) is 40.4 Å². The van der Waals surface area contributed by atoms with Gasteiger partial charge in [0.05, 0.1) is 78.6 Å². The molecule has 3 fully saturated rings. The van der Waals surface area contributed by atoms with Crippen LogP contribution >= 0.6 is 11.6 Å². The van der Waals surface area contributed by atoms with Crippen LogP contribution in [-0.4, -0.2) is 210 Å². The molecule has 9 heterocycles. The molecular weight excluding hydrogens is 1480 g/mol. The molecule has 0 spiro atoms. The molecule has 3 aliphatic heterocycles. The van der Waals surface area contributed by atoms with Crippen molar-refractivity contribution in [2.24, 2.45) is 14.1 Å². The van der Waals surface area contributed by atoms with Crippen molar-refractivity contribution in [3.05, 3.63) is 251 Å². The number of ether oxygens (including phenoxy) is 3. The predicted molar refractivity (Wildman–Crippen MR) is 432 cm³/mol. The monoisotopic (exact) mass is 1570 g/mol. The third-order valence-electron chi connectivity index (χ3n) is 20.7. The Morgan fingerprint density at radius 1 is 0.447 bits per heavy atom. The number of amides is 6. The van der Waals surface area contributed by atoms with Crippen molar-refractivity contribution < 1.29 is 41.8 Å². The van der Waals surface area contributed by atoms with Gasteiger partial charge >= 0.3 is 18.1 Å². The molecular formula is C83H93ClF3N21O6. The molecule has 27 nitrogen and oxygen atoms in total. The molecule has 6 amide bonds. The van der Waals surface area contributed by atoms with Crippen molar-refractivity contribution in [1.29, 1.82) is 0 Å². The number of hydrogen-bond donors (Lipinski definition) is 7. The van der Waals surface area contributed by atoms with Gasteiger partial charge in [-0.25, -0.2) is 41.6 Å². The summed E-state index contributed by atoms with van der Waals surface area (Å²) in [6, 6.07) is 46.3. The number of hydrogen-bond acceptors (Lipinski definition) is 15. The van der Waals surface area contributed by atoms with Gasteiger partial charge in [0.15, 0.2) is 11.6 Å². The SMILES string of the molecule is COCCN1C[C@@H](NC(=O)Nc2c(C)c(-c3cn[nH]c3)nn2-c2ccccc2)[C@H](c2ccc(F)c(F)c2)C1.COCCN1C[C@@H](NC(=O)Nc2c(C)c(-c3cnn(C)c3)nn2-c2ccccc2)[C@H](c2ccc(F)c(Cl)c2)C1.COCCN1C[C@@H](NC(=O)Nc2c(C)c(-c3cnn(C)c3)nn2-c2ccccc2)[C@H](c2ccccc2)C1. The average molecular weight is 1570 g/mol. The number of likely N-dealkylation sites (tertiary alicyclic amines) is 3. The van der Waals surface area contributed by atoms with Crippen LogP contribution in [0.1, 0.15) is 51.1 Å². The van der Waals surface area contributed by atoms with Crippen molar-refractivity contribution in [1.82, 2.24) is 89.7 Å². The molecule has 0 aliphatic carbocycles. The van der Waals surface area contributed by atoms with Crippen LogP contribution in [0, 0.1) is 38.2 Å². The molecule has 15 rings (SSSR count). The van der Waals surface area contributed by atoms with E-state index in [1.807, 2.05) is 156 Å². The number of carbonyl (C=O) groups is 3. The van der Waals surface area contributed by atoms with Gasteiger partial charge in [0.2, 0.25) is 0 Å². The largest absolute Gasteiger partial charge is 0.383 e. The Hall–Kier alpha value is -11.8. The van der Waals surface area contributed by atoms with Gasteiger partial charge in [-0.3, -0.25) is 45.1 Å². The van der Waals surface area contributed by atoms with Gasteiger partial charge in [-0.05, 0) is 98.1 Å². The predicted octanol–water partition coefficient (Wildman–Crippen LogP) is 12.5. The van der Waals surface area contributed by atoms with Gasteiger partial charge in [0, 0.05) is 164 Å². The topological polar surface area (TPSA) is 279 Å². The Bertz CT molecular complexity index is 5200. The summed E-state index contributed by atoms with van der Waals surface area (Å²) in [5.74, 6) is -0.671. The number of rotatable bonds is 24. The molecule has 0 bridgehead atoms. The second kappa shape index (κ2) is 37.3. The van der Waals surface area contributed by atoms with Crippen LogP contribution in [0.15, 0.2) is 195 Å². The van der Waals surface area contributed by atoms with E-state index >= 15 is 0 Å². The first-order valence-electron chi connectivity index (χ1n) is 37.5. The molecule has 0 radical (unpaired) electrons. The van der Waals surface area contributed by atoms with E-state index < -0.39 is 23.5 Å². The van der Waals surface area contributed by atoms with Gasteiger partial charge in [-0.2, -0.15) is 30.6 Å². The zero-order valence-corrected chi connectivity index (χ0v) is 65.4. The summed E-state index contributed by atoms with van der Waals surface area (Å²) in [6.45, 7) is 13.8. The lowest BCUT2D eigenvalue weighted by atomic mass is 9.94. The highest BCUT2D eigenvalue weighted by atomic mass is 35.5. The van der Waals surface area contributed by atoms with E-state index in [0.717, 1.165) is 99.6 Å². The quantitative estimate of drug-likeness (QED) is 0.0296. The van der Waals surface area contributed by atoms with Crippen LogP contribution < -0.4 is 31.9 Å². The molecule has 594 valence electrons. The highest BCUT2D eigenvalue weighted by molar-refractivity contribution is 6.30. The minimum atomic E-state index is -0.907. The average Bonchev–Trinajstić information content (AvgIpc) is 1.64. The maximum absolute atomic E-state index is 14.1. The summed E-state index contributed by atoms with van der Waals surface area (Å²) in [7, 11) is 8.73. The maximum atomic E-state index is 14.1. The van der Waals surface area contributed by atoms with Crippen LogP contribution in [0.5, 0.6) is 0 Å². The van der Waals surface area contributed by atoms with E-state index in [0.29, 0.717) is 81.3 Å². The third kappa shape index (κ3) is 19.1. The number of nitrogens with zero attached hydrogens (tertiary/aromatic N) is 14. The van der Waals surface area contributed by atoms with Gasteiger partial charge in [0.25, 0.3) is 0 Å². The lowest BCUT2D eigenvalue weighted by molar-refractivity contribution is 0.159. The molecule has 3 aliphatic rings. The number of H-pyrrole nitrogens is 1. The highest BCUT2D eigenvalue weighted by Gasteiger charge is 2.39. The molecule has 31 heteroatoms. The van der Waals surface area contributed by atoms with Crippen LogP contribution in [0.4, 0.5) is 45.0 Å². The number of halogens is 4. The van der Waals surface area contributed by atoms with Crippen LogP contribution in [-0.2, 0) is 28.3 Å². The highest BCUT2D eigenvalue weighted by Crippen LogP contribution is 2.37. The molecule has 6 aromatic carbocycles. The van der Waals surface area contributed by atoms with Gasteiger partial charge < -0.3 is 30.2 Å². The third-order valence-corrected chi connectivity index (χ3v) is 21.0. The van der Waals surface area contributed by atoms with Crippen molar-refractivity contribution in [3.8, 4) is 50.8 Å². The molecule has 0 saturated carbocycles. The number of nitrogens with one attached hydrogen (secondary N) is 7. The van der Waals surface area contributed by atoms with E-state index in [4.69, 9.17) is 41.1 Å². The second-order valence-electron chi connectivity index (χ2n) is 28.5. The number of para-hydroxylation sites is 3. The standard InChI is InChI=1S/C28H31ClFN7O2.C28H33N7O2.C27H29F2N7O2/c1-18-26(20-14-31-35(2)15-20)34-37(21-7-5-4-6-8-21)27(18)33-28(38)32-25-17-36(11-12-39-3)16-22(25)19-9-10-24(30)23(29)13-19;1-20-26(22-16-29-33(2)17-22)32-35(23-12-8-5-9-13-23)27(20)31-28(36)30-25-19-34(14-15-37-3)18-24(25)21-10-6-4-7-11-21;1-17-25(19-13-30-31-14-19)34-36(20-6-4-3-5-7-20)26(17)33-27(37)32-24-16-35(10-11-38-2)15-21(24)18-8-9-22(28)23(29)12-18/h4-10,13-15,22,25H,11-12,16-17H2,1-3H3,(H2,32,33,38);4-13,16-17,24-25H,14-15,18-19H2,1-3H3,(H2,30,31,36);3-9,12-14,21,24H,10-11,15-16H2,1-2H3,(H,30,31)(H2,32,33,37)/t22-,25+;24-,25+;21-,24+/m000/s1. The molecule has 12 aromatic rings. The summed E-state index contributed by atoms with van der Waals surface area (Å²) in [6.07, 6.45) is 10.8. The molecule has 3 saturated heterocycles. The Labute approximate surface area is 663 Å². The molecule has 0 unspecified atom stereocenters. The lowest BCUT2D eigenvalue weighted by Gasteiger charge is -2.21. The van der Waals surface area contributed by atoms with Crippen molar-refractivity contribution in [2.45, 2.75) is 56.7 Å². The van der Waals surface area contributed by atoms with E-state index in [9.17, 15) is 27.6 Å². The van der Waals surface area contributed by atoms with Crippen LogP contribution in [0.25, 0.3) is 50.8 Å². The summed E-state index contributed by atoms with van der Waals surface area (Å²) < 4.78 is 65.9. The Morgan fingerprint density at radius 2 is 0.807 bits per heavy atom. The zero-order chi connectivity index (χ0) is 79.9. The van der Waals surface area contributed by atoms with Gasteiger partial charge in [-0.15, -0.1) is 0 Å². The smallest absolute Gasteiger partial charge is 0.320 e. The molecule has 6 aromatic heterocycles. The zero-order valence-electron chi connectivity index (χ0n) is 64.6. The van der Waals surface area contributed by atoms with Crippen LogP contribution in [0.2, 0.25) is 5.02 Å². The minimum Gasteiger partial charge on any atom is -0.383 e. The van der Waals surface area contributed by atoms with Crippen molar-refractivity contribution in [2.75, 3.05) is 116 Å². The fraction of sp³-hybridized carbons (Fsp3) is 0.313. The summed E-state index contributed by atoms with van der Waals surface area (Å²) in [5, 5.41) is 48.5. The second-order valence-corrected chi connectivity index (χ2v) is 28.9. The summed E-state index contributed by atoms with van der Waals surface area (Å²) in [5.41, 5.74) is 12.4. The van der Waals surface area contributed by atoms with Crippen molar-refractivity contribution in [3.63, 3.8) is 0 Å². The van der Waals surface area contributed by atoms with Crippen LogP contribution in [0.3, 0.4) is 0 Å². The first kappa shape index (κ1) is 80.3. The van der Waals surface area contributed by atoms with E-state index in [1.165, 1.54) is 17.7 Å². The Morgan fingerprint density at radius 3 is 1.15 bits per heavy atom. The molecule has 114 heavy (non-hydrogen) atoms. The summed E-state index contributed by atoms with van der Waals surface area (Å²) >= 11 is 6.10. The Kier molecular flexibility index (Phi) is 26.2. The van der Waals surface area contributed by atoms with E-state index in [1.54, 1.807) is 87.7 Å². The number of urea groups is 3. The maximum Gasteiger partial charge on any atom is 0.320 e. The van der Waals surface area contributed by atoms with E-state index in [-0.39, 0.29) is 53.0 Å². The Balaban J connectivity index is 0.000000149. The number of anilines is 3. The van der Waals surface area contributed by atoms with E-state index in [2.05, 4.69) is 79.1 Å². The van der Waals surface area contributed by atoms with Crippen molar-refractivity contribution >= 4 is 47.1 Å². The number of aryl methyl sites for hydroxylation is 2. The number of aromatic nitrogens is 12. The first-order valence-corrected chi connectivity index (χ1v) is 37.9. The number of methoxy groups -OCH3 is 3. The fourth-order valence-corrected chi connectivity index (χ4v) is 15.1. The molecule has 7 N–H and O–H groups in total. The normalized spacial score (nSPS) is 17.6. The summed E-state index contributed by atoms with van der Waals surface area (Å²) in [4.78, 5) is 46.9. The lowest BCUT2D eigenvalue weighted by Crippen LogP contribution is -2.42. The minimum absolute atomic E-state index is 0.0366. The number of aromatic amines is 1. The molecule has 6 atom stereocenters. The number of benzene rings is 6. The van der Waals surface area contributed by atoms with Gasteiger partial charge in [-0.1, -0.05) is 109 Å².